The van der Waals surface area contributed by atoms with Gasteiger partial charge in [0.1, 0.15) is 5.69 Å². The summed E-state index contributed by atoms with van der Waals surface area (Å²) in [6.45, 7) is 7.89. The van der Waals surface area contributed by atoms with E-state index in [0.717, 1.165) is 27.6 Å². The van der Waals surface area contributed by atoms with Crippen LogP contribution in [0.4, 0.5) is 5.69 Å². The molecule has 0 unspecified atom stereocenters. The number of aryl methyl sites for hydroxylation is 4. The van der Waals surface area contributed by atoms with Gasteiger partial charge in [0.2, 0.25) is 5.91 Å². The van der Waals surface area contributed by atoms with Gasteiger partial charge in [-0.2, -0.15) is 0 Å². The molecule has 124 valence electrons. The van der Waals surface area contributed by atoms with Crippen LogP contribution in [-0.4, -0.2) is 11.1 Å². The lowest BCUT2D eigenvalue weighted by Gasteiger charge is -2.11. The zero-order valence-electron chi connectivity index (χ0n) is 14.2. The first-order chi connectivity index (χ1) is 11.3. The molecule has 0 aliphatic carbocycles. The molecule has 0 bridgehead atoms. The quantitative estimate of drug-likeness (QED) is 0.736. The van der Waals surface area contributed by atoms with Crippen molar-refractivity contribution in [2.75, 3.05) is 5.32 Å². The Hall–Kier alpha value is -2.33. The van der Waals surface area contributed by atoms with E-state index in [2.05, 4.69) is 16.5 Å². The van der Waals surface area contributed by atoms with Gasteiger partial charge in [-0.1, -0.05) is 28.9 Å². The Bertz CT molecular complexity index is 921. The highest BCUT2D eigenvalue weighted by Gasteiger charge is 2.16. The van der Waals surface area contributed by atoms with E-state index < -0.39 is 0 Å². The van der Waals surface area contributed by atoms with Crippen LogP contribution in [0.1, 0.15) is 27.9 Å². The van der Waals surface area contributed by atoms with Crippen LogP contribution in [0, 0.1) is 27.7 Å². The van der Waals surface area contributed by atoms with Crippen LogP contribution in [0.25, 0.3) is 11.0 Å². The van der Waals surface area contributed by atoms with Crippen LogP contribution >= 0.6 is 11.6 Å². The number of rotatable bonds is 3. The van der Waals surface area contributed by atoms with Gasteiger partial charge in [-0.15, -0.1) is 0 Å². The maximum absolute atomic E-state index is 12.4. The smallest absolute Gasteiger partial charge is 0.230 e. The monoisotopic (exact) mass is 342 g/mol. The number of anilines is 1. The van der Waals surface area contributed by atoms with E-state index >= 15 is 0 Å². The number of benzene rings is 2. The summed E-state index contributed by atoms with van der Waals surface area (Å²) in [6.07, 6.45) is 0.139. The van der Waals surface area contributed by atoms with Crippen LogP contribution < -0.4 is 5.32 Å². The average Bonchev–Trinajstić information content (AvgIpc) is 2.85. The van der Waals surface area contributed by atoms with E-state index in [1.54, 1.807) is 0 Å². The van der Waals surface area contributed by atoms with Gasteiger partial charge in [0.25, 0.3) is 0 Å². The van der Waals surface area contributed by atoms with Gasteiger partial charge in [-0.3, -0.25) is 4.79 Å². The first kappa shape index (κ1) is 16.5. The average molecular weight is 343 g/mol. The second-order valence-corrected chi connectivity index (χ2v) is 6.66. The lowest BCUT2D eigenvalue weighted by atomic mass is 10.0. The number of carbonyl (C=O) groups excluding carboxylic acids is 1. The van der Waals surface area contributed by atoms with Gasteiger partial charge in [0.15, 0.2) is 5.58 Å². The van der Waals surface area contributed by atoms with Crippen molar-refractivity contribution in [2.45, 2.75) is 34.1 Å². The van der Waals surface area contributed by atoms with Crippen molar-refractivity contribution in [3.63, 3.8) is 0 Å². The summed E-state index contributed by atoms with van der Waals surface area (Å²) >= 11 is 6.25. The van der Waals surface area contributed by atoms with Crippen molar-refractivity contribution in [1.29, 1.82) is 0 Å². The third-order valence-corrected chi connectivity index (χ3v) is 4.31. The molecule has 0 aliphatic rings. The Balaban J connectivity index is 1.86. The van der Waals surface area contributed by atoms with E-state index in [0.29, 0.717) is 22.0 Å². The maximum atomic E-state index is 12.4. The van der Waals surface area contributed by atoms with Gasteiger partial charge in [-0.05, 0) is 62.1 Å². The zero-order chi connectivity index (χ0) is 17.4. The molecule has 0 radical (unpaired) electrons. The van der Waals surface area contributed by atoms with E-state index in [9.17, 15) is 4.79 Å². The first-order valence-electron chi connectivity index (χ1n) is 7.77. The minimum atomic E-state index is -0.168. The van der Waals surface area contributed by atoms with Crippen molar-refractivity contribution >= 4 is 34.2 Å². The lowest BCUT2D eigenvalue weighted by Crippen LogP contribution is -2.16. The number of fused-ring (bicyclic) bond motifs is 1. The number of amides is 1. The normalized spacial score (nSPS) is 11.0. The Kier molecular flexibility index (Phi) is 4.33. The number of nitrogens with zero attached hydrogens (tertiary/aromatic N) is 1. The third-order valence-electron chi connectivity index (χ3n) is 4.01. The van der Waals surface area contributed by atoms with Gasteiger partial charge < -0.3 is 9.84 Å². The van der Waals surface area contributed by atoms with E-state index in [1.807, 2.05) is 45.9 Å². The van der Waals surface area contributed by atoms with Crippen molar-refractivity contribution in [2.24, 2.45) is 0 Å². The Morgan fingerprint density at radius 3 is 2.46 bits per heavy atom. The van der Waals surface area contributed by atoms with E-state index in [-0.39, 0.29) is 12.3 Å². The molecule has 1 aromatic heterocycles. The van der Waals surface area contributed by atoms with Gasteiger partial charge in [0, 0.05) is 5.39 Å². The summed E-state index contributed by atoms with van der Waals surface area (Å²) in [5.41, 5.74) is 6.15. The molecule has 0 atom stereocenters. The second kappa shape index (κ2) is 6.29. The fourth-order valence-electron chi connectivity index (χ4n) is 3.05. The standard InChI is InChI=1S/C19H19ClN2O2/c1-10-6-13(4)19(14(20)7-10)21-17(23)9-15-18-12(3)5-11(2)8-16(18)24-22-15/h5-8H,9H2,1-4H3,(H,21,23). The number of halogens is 1. The van der Waals surface area contributed by atoms with Gasteiger partial charge in [-0.25, -0.2) is 0 Å². The summed E-state index contributed by atoms with van der Waals surface area (Å²) < 4.78 is 5.37. The molecule has 0 saturated heterocycles. The van der Waals surface area contributed by atoms with Crippen molar-refractivity contribution in [1.82, 2.24) is 5.16 Å². The molecular weight excluding hydrogens is 324 g/mol. The minimum Gasteiger partial charge on any atom is -0.356 e. The molecule has 3 rings (SSSR count). The van der Waals surface area contributed by atoms with Gasteiger partial charge in [0.05, 0.1) is 17.1 Å². The maximum Gasteiger partial charge on any atom is 0.230 e. The largest absolute Gasteiger partial charge is 0.356 e. The predicted octanol–water partition coefficient (Wildman–Crippen LogP) is 4.90. The summed E-state index contributed by atoms with van der Waals surface area (Å²) in [5.74, 6) is -0.168. The fraction of sp³-hybridized carbons (Fsp3) is 0.263. The molecule has 5 heteroatoms. The SMILES string of the molecule is Cc1cc(C)c(NC(=O)Cc2noc3cc(C)cc(C)c23)c(Cl)c1. The third kappa shape index (κ3) is 3.15. The molecule has 24 heavy (non-hydrogen) atoms. The molecule has 1 amide bonds. The van der Waals surface area contributed by atoms with Crippen LogP contribution in [0.3, 0.4) is 0 Å². The molecular formula is C19H19ClN2O2. The first-order valence-corrected chi connectivity index (χ1v) is 8.15. The Labute approximate surface area is 145 Å². The van der Waals surface area contributed by atoms with Crippen LogP contribution in [0.2, 0.25) is 5.02 Å². The molecule has 1 heterocycles. The minimum absolute atomic E-state index is 0.139. The number of nitrogens with one attached hydrogen (secondary N) is 1. The lowest BCUT2D eigenvalue weighted by molar-refractivity contribution is -0.115. The summed E-state index contributed by atoms with van der Waals surface area (Å²) in [7, 11) is 0. The molecule has 0 fully saturated rings. The topological polar surface area (TPSA) is 55.1 Å². The highest BCUT2D eigenvalue weighted by molar-refractivity contribution is 6.34. The molecule has 0 saturated carbocycles. The number of aromatic nitrogens is 1. The highest BCUT2D eigenvalue weighted by Crippen LogP contribution is 2.28. The van der Waals surface area contributed by atoms with E-state index in [4.69, 9.17) is 16.1 Å². The van der Waals surface area contributed by atoms with Crippen LogP contribution in [-0.2, 0) is 11.2 Å². The highest BCUT2D eigenvalue weighted by atomic mass is 35.5. The molecule has 2 aromatic carbocycles. The molecule has 4 nitrogen and oxygen atoms in total. The molecule has 3 aromatic rings. The summed E-state index contributed by atoms with van der Waals surface area (Å²) in [5, 5.41) is 8.40. The second-order valence-electron chi connectivity index (χ2n) is 6.25. The predicted molar refractivity (Wildman–Crippen MR) is 96.7 cm³/mol. The fourth-order valence-corrected chi connectivity index (χ4v) is 3.42. The molecule has 0 aliphatic heterocycles. The zero-order valence-corrected chi connectivity index (χ0v) is 14.9. The van der Waals surface area contributed by atoms with Crippen LogP contribution in [0.5, 0.6) is 0 Å². The number of carbonyl (C=O) groups is 1. The van der Waals surface area contributed by atoms with E-state index in [1.165, 1.54) is 0 Å². The Morgan fingerprint density at radius 2 is 1.75 bits per heavy atom. The summed E-state index contributed by atoms with van der Waals surface area (Å²) in [4.78, 5) is 12.4. The van der Waals surface area contributed by atoms with Crippen LogP contribution in [0.15, 0.2) is 28.8 Å². The van der Waals surface area contributed by atoms with Crippen molar-refractivity contribution in [3.05, 3.63) is 57.2 Å². The number of hydrogen-bond acceptors (Lipinski definition) is 3. The van der Waals surface area contributed by atoms with Crippen molar-refractivity contribution in [3.8, 4) is 0 Å². The Morgan fingerprint density at radius 1 is 1.08 bits per heavy atom. The molecule has 1 N–H and O–H groups in total. The molecule has 0 spiro atoms. The van der Waals surface area contributed by atoms with Crippen molar-refractivity contribution < 1.29 is 9.32 Å². The number of hydrogen-bond donors (Lipinski definition) is 1. The van der Waals surface area contributed by atoms with Gasteiger partial charge >= 0.3 is 0 Å². The summed E-state index contributed by atoms with van der Waals surface area (Å²) in [6, 6.07) is 7.81.